The van der Waals surface area contributed by atoms with Crippen LogP contribution in [-0.4, -0.2) is 47.1 Å². The minimum absolute atomic E-state index is 0.160. The van der Waals surface area contributed by atoms with Gasteiger partial charge in [0.1, 0.15) is 17.5 Å². The van der Waals surface area contributed by atoms with Crippen LogP contribution in [0.25, 0.3) is 0 Å². The second-order valence-corrected chi connectivity index (χ2v) is 11.2. The molecular weight excluding hydrogens is 456 g/mol. The van der Waals surface area contributed by atoms with Crippen LogP contribution in [0.4, 0.5) is 11.8 Å². The Morgan fingerprint density at radius 2 is 1.97 bits per heavy atom. The Bertz CT molecular complexity index is 1010. The number of nitrogens with one attached hydrogen (secondary N) is 3. The van der Waals surface area contributed by atoms with E-state index in [9.17, 15) is 5.26 Å². The van der Waals surface area contributed by atoms with Crippen molar-refractivity contribution in [2.45, 2.75) is 62.9 Å². The molecule has 35 heavy (non-hydrogen) atoms. The highest BCUT2D eigenvalue weighted by Crippen LogP contribution is 2.48. The molecule has 0 saturated heterocycles. The van der Waals surface area contributed by atoms with E-state index < -0.39 is 0 Å². The van der Waals surface area contributed by atoms with Gasteiger partial charge in [-0.15, -0.1) is 11.8 Å². The smallest absolute Gasteiger partial charge is 0.224 e. The Hall–Kier alpha value is -2.34. The molecule has 1 heterocycles. The zero-order valence-corrected chi connectivity index (χ0v) is 21.7. The second-order valence-electron chi connectivity index (χ2n) is 10.3. The molecule has 1 aromatic carbocycles. The molecular formula is C27H38N6OS. The first-order chi connectivity index (χ1) is 17.0. The molecule has 2 aliphatic rings. The van der Waals surface area contributed by atoms with Crippen LogP contribution in [0.5, 0.6) is 0 Å². The number of benzene rings is 1. The number of nitrogens with zero attached hydrogens (tertiary/aromatic N) is 3. The van der Waals surface area contributed by atoms with Crippen LogP contribution in [0.2, 0.25) is 0 Å². The van der Waals surface area contributed by atoms with Gasteiger partial charge in [-0.2, -0.15) is 10.2 Å². The Labute approximate surface area is 213 Å². The maximum atomic E-state index is 9.64. The molecule has 0 radical (unpaired) electrons. The van der Waals surface area contributed by atoms with Crippen molar-refractivity contribution in [2.75, 3.05) is 36.6 Å². The van der Waals surface area contributed by atoms with E-state index in [1.54, 1.807) is 18.0 Å². The predicted octanol–water partition coefficient (Wildman–Crippen LogP) is 4.65. The first kappa shape index (κ1) is 25.7. The van der Waals surface area contributed by atoms with Crippen molar-refractivity contribution in [3.8, 4) is 6.07 Å². The van der Waals surface area contributed by atoms with Crippen molar-refractivity contribution in [1.29, 1.82) is 5.26 Å². The average molecular weight is 495 g/mol. The van der Waals surface area contributed by atoms with E-state index in [2.05, 4.69) is 57.3 Å². The zero-order chi connectivity index (χ0) is 24.7. The van der Waals surface area contributed by atoms with Crippen molar-refractivity contribution < 1.29 is 5.11 Å². The van der Waals surface area contributed by atoms with Gasteiger partial charge < -0.3 is 21.1 Å². The Morgan fingerprint density at radius 3 is 2.69 bits per heavy atom. The number of thioether (sulfide) groups is 1. The normalized spacial score (nSPS) is 25.6. The molecule has 2 saturated carbocycles. The molecule has 8 heteroatoms. The van der Waals surface area contributed by atoms with Gasteiger partial charge in [-0.3, -0.25) is 0 Å². The van der Waals surface area contributed by atoms with E-state index in [4.69, 9.17) is 5.11 Å². The number of aliphatic hydroxyl groups is 1. The number of aromatic nitrogens is 2. The molecule has 4 atom stereocenters. The highest BCUT2D eigenvalue weighted by atomic mass is 32.2. The minimum atomic E-state index is 0.160. The number of anilines is 2. The molecule has 1 aromatic heterocycles. The number of hydrogen-bond donors (Lipinski definition) is 4. The van der Waals surface area contributed by atoms with Crippen molar-refractivity contribution in [2.24, 2.45) is 17.3 Å². The lowest BCUT2D eigenvalue weighted by molar-refractivity contribution is 0.0371. The topological polar surface area (TPSA) is 106 Å². The number of hydrogen-bond acceptors (Lipinski definition) is 8. The summed E-state index contributed by atoms with van der Waals surface area (Å²) < 4.78 is 0. The summed E-state index contributed by atoms with van der Waals surface area (Å²) in [6.45, 7) is 4.95. The van der Waals surface area contributed by atoms with Crippen molar-refractivity contribution >= 4 is 23.5 Å². The molecule has 0 aliphatic heterocycles. The molecule has 3 unspecified atom stereocenters. The number of aliphatic hydroxyl groups excluding tert-OH is 1. The average Bonchev–Trinajstić information content (AvgIpc) is 2.87. The van der Waals surface area contributed by atoms with Crippen LogP contribution < -0.4 is 16.0 Å². The lowest BCUT2D eigenvalue weighted by Crippen LogP contribution is -2.53. The lowest BCUT2D eigenvalue weighted by atomic mass is 9.59. The number of rotatable bonds is 11. The maximum Gasteiger partial charge on any atom is 0.224 e. The largest absolute Gasteiger partial charge is 0.396 e. The van der Waals surface area contributed by atoms with Crippen molar-refractivity contribution in [3.63, 3.8) is 0 Å². The molecule has 7 nitrogen and oxygen atoms in total. The third kappa shape index (κ3) is 6.46. The summed E-state index contributed by atoms with van der Waals surface area (Å²) in [7, 11) is 0. The van der Waals surface area contributed by atoms with Crippen LogP contribution in [0.1, 0.15) is 56.6 Å². The van der Waals surface area contributed by atoms with E-state index in [0.29, 0.717) is 41.8 Å². The van der Waals surface area contributed by atoms with Crippen LogP contribution in [0.15, 0.2) is 35.4 Å². The van der Waals surface area contributed by atoms with Gasteiger partial charge in [-0.1, -0.05) is 31.5 Å². The van der Waals surface area contributed by atoms with E-state index in [1.807, 2.05) is 12.1 Å². The summed E-state index contributed by atoms with van der Waals surface area (Å²) in [5, 5.41) is 29.4. The van der Waals surface area contributed by atoms with Crippen LogP contribution in [0.3, 0.4) is 0 Å². The minimum Gasteiger partial charge on any atom is -0.396 e. The summed E-state index contributed by atoms with van der Waals surface area (Å²) >= 11 is 1.72. The van der Waals surface area contributed by atoms with Gasteiger partial charge >= 0.3 is 0 Å². The Morgan fingerprint density at radius 1 is 1.20 bits per heavy atom. The van der Waals surface area contributed by atoms with Gasteiger partial charge in [-0.25, -0.2) is 4.98 Å². The number of fused-ring (bicyclic) bond motifs is 2. The third-order valence-electron chi connectivity index (χ3n) is 7.61. The molecule has 0 amide bonds. The fraction of sp³-hybridized carbons (Fsp3) is 0.593. The number of nitriles is 1. The fourth-order valence-electron chi connectivity index (χ4n) is 6.02. The SMILES string of the molecule is CSc1ccccc1CNc1ncc(C#N)c(NCC2(C)CC3CCC[C@@H](C2)C3NCCCO)n1. The quantitative estimate of drug-likeness (QED) is 0.264. The maximum absolute atomic E-state index is 9.64. The summed E-state index contributed by atoms with van der Waals surface area (Å²) in [5.74, 6) is 2.48. The van der Waals surface area contributed by atoms with Crippen molar-refractivity contribution in [3.05, 3.63) is 41.6 Å². The van der Waals surface area contributed by atoms with Gasteiger partial charge in [0.2, 0.25) is 5.95 Å². The highest BCUT2D eigenvalue weighted by molar-refractivity contribution is 7.98. The molecule has 2 aromatic rings. The Balaban J connectivity index is 1.40. The van der Waals surface area contributed by atoms with Gasteiger partial charge in [0, 0.05) is 30.6 Å². The molecule has 4 N–H and O–H groups in total. The fourth-order valence-corrected chi connectivity index (χ4v) is 6.64. The molecule has 0 spiro atoms. The lowest BCUT2D eigenvalue weighted by Gasteiger charge is -2.51. The summed E-state index contributed by atoms with van der Waals surface area (Å²) in [6, 6.07) is 11.1. The van der Waals surface area contributed by atoms with Gasteiger partial charge in [0.25, 0.3) is 0 Å². The second kappa shape index (κ2) is 12.1. The van der Waals surface area contributed by atoms with Gasteiger partial charge in [0.05, 0.1) is 6.20 Å². The van der Waals surface area contributed by atoms with Crippen LogP contribution in [0, 0.1) is 28.6 Å². The standard InChI is InChI=1S/C27H38N6OS/c1-27(13-19-8-5-9-20(14-27)24(19)29-11-6-12-34)18-32-25-22(15-28)17-31-26(33-25)30-16-21-7-3-4-10-23(21)35-2/h3-4,7,10,17,19-20,24,29,34H,5-6,8-9,11-14,16,18H2,1-2H3,(H2,30,31,32,33)/t19-,20?,24?,27?/m0/s1. The first-order valence-electron chi connectivity index (χ1n) is 12.8. The molecule has 2 fully saturated rings. The monoisotopic (exact) mass is 494 g/mol. The zero-order valence-electron chi connectivity index (χ0n) is 20.9. The van der Waals surface area contributed by atoms with Gasteiger partial charge in [-0.05, 0) is 73.8 Å². The van der Waals surface area contributed by atoms with Crippen LogP contribution >= 0.6 is 11.8 Å². The van der Waals surface area contributed by atoms with E-state index >= 15 is 0 Å². The van der Waals surface area contributed by atoms with Crippen molar-refractivity contribution in [1.82, 2.24) is 15.3 Å². The molecule has 2 bridgehead atoms. The highest BCUT2D eigenvalue weighted by Gasteiger charge is 2.45. The summed E-state index contributed by atoms with van der Waals surface area (Å²) in [5.41, 5.74) is 1.84. The summed E-state index contributed by atoms with van der Waals surface area (Å²) in [4.78, 5) is 10.3. The molecule has 188 valence electrons. The van der Waals surface area contributed by atoms with E-state index in [-0.39, 0.29) is 12.0 Å². The van der Waals surface area contributed by atoms with E-state index in [1.165, 1.54) is 29.7 Å². The van der Waals surface area contributed by atoms with E-state index in [0.717, 1.165) is 32.4 Å². The first-order valence-corrected chi connectivity index (χ1v) is 14.0. The van der Waals surface area contributed by atoms with Gasteiger partial charge in [0.15, 0.2) is 0 Å². The molecule has 2 aliphatic carbocycles. The third-order valence-corrected chi connectivity index (χ3v) is 8.45. The predicted molar refractivity (Wildman–Crippen MR) is 142 cm³/mol. The van der Waals surface area contributed by atoms with Crippen LogP contribution in [-0.2, 0) is 6.54 Å². The Kier molecular flexibility index (Phi) is 8.88. The summed E-state index contributed by atoms with van der Waals surface area (Å²) in [6.07, 6.45) is 10.7. The molecule has 4 rings (SSSR count).